The first-order valence-electron chi connectivity index (χ1n) is 8.58. The summed E-state index contributed by atoms with van der Waals surface area (Å²) in [5, 5.41) is 7.11. The van der Waals surface area contributed by atoms with E-state index in [1.807, 2.05) is 41.3 Å². The van der Waals surface area contributed by atoms with Crippen LogP contribution >= 0.6 is 12.2 Å². The van der Waals surface area contributed by atoms with Gasteiger partial charge in [-0.05, 0) is 67.9 Å². The van der Waals surface area contributed by atoms with Gasteiger partial charge in [-0.1, -0.05) is 24.3 Å². The second kappa shape index (κ2) is 7.66. The minimum atomic E-state index is 0.127. The predicted molar refractivity (Wildman–Crippen MR) is 107 cm³/mol. The van der Waals surface area contributed by atoms with Crippen LogP contribution < -0.4 is 15.5 Å². The van der Waals surface area contributed by atoms with Gasteiger partial charge in [0.2, 0.25) is 5.91 Å². The van der Waals surface area contributed by atoms with Gasteiger partial charge in [0.1, 0.15) is 0 Å². The standard InChI is InChI=1S/C20H23N3OS/c1-14-6-3-4-7-18(14)15(2)21-20(25)22-16-9-11-17(12-10-16)23-13-5-8-19(23)24/h3-4,6-7,9-12,15H,5,8,13H2,1-2H3,(H2,21,22,25)/t15-/m1/s1. The Hall–Kier alpha value is -2.40. The molecule has 1 heterocycles. The van der Waals surface area contributed by atoms with Crippen LogP contribution in [-0.4, -0.2) is 17.6 Å². The third-order valence-corrected chi connectivity index (χ3v) is 4.73. The van der Waals surface area contributed by atoms with E-state index >= 15 is 0 Å². The van der Waals surface area contributed by atoms with Crippen LogP contribution in [0, 0.1) is 6.92 Å². The maximum atomic E-state index is 11.8. The highest BCUT2D eigenvalue weighted by atomic mass is 32.1. The Balaban J connectivity index is 1.59. The Kier molecular flexibility index (Phi) is 5.34. The lowest BCUT2D eigenvalue weighted by molar-refractivity contribution is -0.117. The molecule has 0 saturated carbocycles. The van der Waals surface area contributed by atoms with Crippen molar-refractivity contribution in [2.24, 2.45) is 0 Å². The Morgan fingerprint density at radius 1 is 1.16 bits per heavy atom. The molecular formula is C20H23N3OS. The molecule has 2 N–H and O–H groups in total. The number of benzene rings is 2. The zero-order chi connectivity index (χ0) is 17.8. The third-order valence-electron chi connectivity index (χ3n) is 4.51. The number of thiocarbonyl (C=S) groups is 1. The molecule has 0 bridgehead atoms. The fourth-order valence-corrected chi connectivity index (χ4v) is 3.45. The number of anilines is 2. The van der Waals surface area contributed by atoms with Crippen LogP contribution in [0.15, 0.2) is 48.5 Å². The molecule has 1 saturated heterocycles. The first kappa shape index (κ1) is 17.4. The monoisotopic (exact) mass is 353 g/mol. The molecular weight excluding hydrogens is 330 g/mol. The van der Waals surface area contributed by atoms with E-state index in [1.165, 1.54) is 11.1 Å². The second-order valence-corrected chi connectivity index (χ2v) is 6.78. The van der Waals surface area contributed by atoms with Gasteiger partial charge in [-0.15, -0.1) is 0 Å². The van der Waals surface area contributed by atoms with Crippen molar-refractivity contribution < 1.29 is 4.79 Å². The molecule has 5 heteroatoms. The van der Waals surface area contributed by atoms with Crippen LogP contribution in [-0.2, 0) is 4.79 Å². The Morgan fingerprint density at radius 3 is 2.52 bits per heavy atom. The SMILES string of the molecule is Cc1ccccc1[C@@H](C)NC(=S)Nc1ccc(N2CCCC2=O)cc1. The summed E-state index contributed by atoms with van der Waals surface area (Å²) in [5.41, 5.74) is 4.32. The van der Waals surface area contributed by atoms with E-state index in [0.717, 1.165) is 24.3 Å². The van der Waals surface area contributed by atoms with Gasteiger partial charge in [-0.3, -0.25) is 4.79 Å². The molecule has 4 nitrogen and oxygen atoms in total. The van der Waals surface area contributed by atoms with Crippen LogP contribution in [0.5, 0.6) is 0 Å². The van der Waals surface area contributed by atoms with Gasteiger partial charge in [0.25, 0.3) is 0 Å². The highest BCUT2D eigenvalue weighted by Gasteiger charge is 2.21. The molecule has 0 spiro atoms. The third kappa shape index (κ3) is 4.17. The van der Waals surface area contributed by atoms with Crippen molar-refractivity contribution in [1.29, 1.82) is 0 Å². The normalized spacial score (nSPS) is 15.1. The molecule has 1 aliphatic rings. The molecule has 1 atom stereocenters. The molecule has 2 aromatic rings. The lowest BCUT2D eigenvalue weighted by atomic mass is 10.0. The number of nitrogens with zero attached hydrogens (tertiary/aromatic N) is 1. The van der Waals surface area contributed by atoms with Gasteiger partial charge in [-0.25, -0.2) is 0 Å². The fraction of sp³-hybridized carbons (Fsp3) is 0.300. The zero-order valence-electron chi connectivity index (χ0n) is 14.6. The largest absolute Gasteiger partial charge is 0.356 e. The first-order chi connectivity index (χ1) is 12.0. The van der Waals surface area contributed by atoms with E-state index in [2.05, 4.69) is 36.6 Å². The van der Waals surface area contributed by atoms with E-state index in [1.54, 1.807) is 0 Å². The molecule has 0 aliphatic carbocycles. The van der Waals surface area contributed by atoms with E-state index in [9.17, 15) is 4.79 Å². The minimum absolute atomic E-state index is 0.127. The molecule has 0 radical (unpaired) electrons. The van der Waals surface area contributed by atoms with Crippen molar-refractivity contribution in [2.75, 3.05) is 16.8 Å². The number of hydrogen-bond donors (Lipinski definition) is 2. The Labute approximate surface area is 154 Å². The molecule has 25 heavy (non-hydrogen) atoms. The van der Waals surface area contributed by atoms with Crippen LogP contribution in [0.3, 0.4) is 0 Å². The van der Waals surface area contributed by atoms with E-state index in [-0.39, 0.29) is 11.9 Å². The maximum Gasteiger partial charge on any atom is 0.227 e. The summed E-state index contributed by atoms with van der Waals surface area (Å²) in [7, 11) is 0. The average Bonchev–Trinajstić information content (AvgIpc) is 3.02. The summed E-state index contributed by atoms with van der Waals surface area (Å²) in [6.07, 6.45) is 1.58. The number of carbonyl (C=O) groups excluding carboxylic acids is 1. The lowest BCUT2D eigenvalue weighted by Crippen LogP contribution is -2.31. The lowest BCUT2D eigenvalue weighted by Gasteiger charge is -2.20. The van der Waals surface area contributed by atoms with Crippen LogP contribution in [0.25, 0.3) is 0 Å². The Morgan fingerprint density at radius 2 is 1.88 bits per heavy atom. The fourth-order valence-electron chi connectivity index (χ4n) is 3.16. The molecule has 130 valence electrons. The number of rotatable bonds is 4. The summed E-state index contributed by atoms with van der Waals surface area (Å²) < 4.78 is 0. The number of aryl methyl sites for hydroxylation is 1. The Bertz CT molecular complexity index is 773. The second-order valence-electron chi connectivity index (χ2n) is 6.37. The van der Waals surface area contributed by atoms with Crippen LogP contribution in [0.1, 0.15) is 36.9 Å². The van der Waals surface area contributed by atoms with Crippen molar-refractivity contribution in [2.45, 2.75) is 32.7 Å². The van der Waals surface area contributed by atoms with Gasteiger partial charge in [-0.2, -0.15) is 0 Å². The molecule has 3 rings (SSSR count). The first-order valence-corrected chi connectivity index (χ1v) is 8.99. The molecule has 1 fully saturated rings. The van der Waals surface area contributed by atoms with Crippen LogP contribution in [0.4, 0.5) is 11.4 Å². The van der Waals surface area contributed by atoms with Gasteiger partial charge >= 0.3 is 0 Å². The molecule has 0 aromatic heterocycles. The van der Waals surface area contributed by atoms with Crippen molar-refractivity contribution in [3.05, 3.63) is 59.7 Å². The van der Waals surface area contributed by atoms with Crippen LogP contribution in [0.2, 0.25) is 0 Å². The summed E-state index contributed by atoms with van der Waals surface area (Å²) in [5.74, 6) is 0.199. The molecule has 0 unspecified atom stereocenters. The predicted octanol–water partition coefficient (Wildman–Crippen LogP) is 4.17. The van der Waals surface area contributed by atoms with E-state index < -0.39 is 0 Å². The van der Waals surface area contributed by atoms with E-state index in [0.29, 0.717) is 11.5 Å². The number of hydrogen-bond acceptors (Lipinski definition) is 2. The quantitative estimate of drug-likeness (QED) is 0.810. The topological polar surface area (TPSA) is 44.4 Å². The van der Waals surface area contributed by atoms with Crippen molar-refractivity contribution in [1.82, 2.24) is 5.32 Å². The number of nitrogens with one attached hydrogen (secondary N) is 2. The summed E-state index contributed by atoms with van der Waals surface area (Å²) >= 11 is 5.43. The van der Waals surface area contributed by atoms with Crippen molar-refractivity contribution >= 4 is 34.6 Å². The highest BCUT2D eigenvalue weighted by molar-refractivity contribution is 7.80. The highest BCUT2D eigenvalue weighted by Crippen LogP contribution is 2.23. The summed E-state index contributed by atoms with van der Waals surface area (Å²) in [6, 6.07) is 16.2. The van der Waals surface area contributed by atoms with Gasteiger partial charge in [0.05, 0.1) is 6.04 Å². The number of amides is 1. The van der Waals surface area contributed by atoms with Gasteiger partial charge < -0.3 is 15.5 Å². The zero-order valence-corrected chi connectivity index (χ0v) is 15.4. The molecule has 1 amide bonds. The van der Waals surface area contributed by atoms with E-state index in [4.69, 9.17) is 12.2 Å². The maximum absolute atomic E-state index is 11.8. The number of carbonyl (C=O) groups is 1. The van der Waals surface area contributed by atoms with Gasteiger partial charge in [0.15, 0.2) is 5.11 Å². The average molecular weight is 353 g/mol. The van der Waals surface area contributed by atoms with Gasteiger partial charge in [0, 0.05) is 24.3 Å². The minimum Gasteiger partial charge on any atom is -0.356 e. The molecule has 1 aliphatic heterocycles. The van der Waals surface area contributed by atoms with Crippen molar-refractivity contribution in [3.63, 3.8) is 0 Å². The molecule has 2 aromatic carbocycles. The summed E-state index contributed by atoms with van der Waals surface area (Å²) in [4.78, 5) is 13.6. The summed E-state index contributed by atoms with van der Waals surface area (Å²) in [6.45, 7) is 5.00. The van der Waals surface area contributed by atoms with Crippen molar-refractivity contribution in [3.8, 4) is 0 Å². The smallest absolute Gasteiger partial charge is 0.227 e.